The molecule has 0 radical (unpaired) electrons. The number of anilines is 1. The Bertz CT molecular complexity index is 859. The highest BCUT2D eigenvalue weighted by atomic mass is 19.1. The lowest BCUT2D eigenvalue weighted by atomic mass is 9.76. The second-order valence-electron chi connectivity index (χ2n) is 6.29. The largest absolute Gasteiger partial charge is 0.497 e. The lowest BCUT2D eigenvalue weighted by Gasteiger charge is -2.29. The number of hydrogen-bond donors (Lipinski definition) is 1. The van der Waals surface area contributed by atoms with Gasteiger partial charge in [0.1, 0.15) is 17.5 Å². The zero-order valence-electron chi connectivity index (χ0n) is 15.1. The van der Waals surface area contributed by atoms with Crippen molar-refractivity contribution in [2.24, 2.45) is 5.92 Å². The standard InChI is InChI=1S/C21H20FNO4/c1-26-17-9-3-13(4-10-17)18-11-16(12-19(24)20(18)21(25)27-2)23-15-7-5-14(22)6-8-15/h3-10,12,18,20,23H,11H2,1-2H3/t18-,20+/m1/s1. The van der Waals surface area contributed by atoms with Gasteiger partial charge in [-0.05, 0) is 48.4 Å². The van der Waals surface area contributed by atoms with Crippen LogP contribution in [0.4, 0.5) is 10.1 Å². The number of allylic oxidation sites excluding steroid dienone is 2. The number of ketones is 1. The van der Waals surface area contributed by atoms with Crippen molar-refractivity contribution in [2.45, 2.75) is 12.3 Å². The number of halogens is 1. The summed E-state index contributed by atoms with van der Waals surface area (Å²) in [4.78, 5) is 24.9. The molecule has 140 valence electrons. The predicted molar refractivity (Wildman–Crippen MR) is 99.0 cm³/mol. The molecule has 0 amide bonds. The van der Waals surface area contributed by atoms with Gasteiger partial charge in [-0.1, -0.05) is 12.1 Å². The first-order chi connectivity index (χ1) is 13.0. The number of methoxy groups -OCH3 is 2. The van der Waals surface area contributed by atoms with Crippen LogP contribution in [0.1, 0.15) is 17.9 Å². The minimum Gasteiger partial charge on any atom is -0.497 e. The molecule has 0 fully saturated rings. The summed E-state index contributed by atoms with van der Waals surface area (Å²) in [6.45, 7) is 0. The Kier molecular flexibility index (Phi) is 5.54. The Hall–Kier alpha value is -3.15. The molecule has 3 rings (SSSR count). The molecule has 0 saturated heterocycles. The van der Waals surface area contributed by atoms with E-state index in [2.05, 4.69) is 5.32 Å². The maximum atomic E-state index is 13.1. The Labute approximate surface area is 156 Å². The van der Waals surface area contributed by atoms with E-state index in [1.807, 2.05) is 12.1 Å². The summed E-state index contributed by atoms with van der Waals surface area (Å²) in [5.41, 5.74) is 2.17. The van der Waals surface area contributed by atoms with Crippen molar-refractivity contribution in [1.29, 1.82) is 0 Å². The highest BCUT2D eigenvalue weighted by molar-refractivity contribution is 6.07. The van der Waals surface area contributed by atoms with Crippen LogP contribution in [-0.2, 0) is 14.3 Å². The molecule has 2 aromatic carbocycles. The van der Waals surface area contributed by atoms with Gasteiger partial charge in [0, 0.05) is 23.4 Å². The average molecular weight is 369 g/mol. The van der Waals surface area contributed by atoms with Crippen molar-refractivity contribution in [3.8, 4) is 5.75 Å². The van der Waals surface area contributed by atoms with Crippen molar-refractivity contribution < 1.29 is 23.5 Å². The zero-order chi connectivity index (χ0) is 19.4. The first-order valence-electron chi connectivity index (χ1n) is 8.50. The van der Waals surface area contributed by atoms with Crippen molar-refractivity contribution in [1.82, 2.24) is 0 Å². The maximum absolute atomic E-state index is 13.1. The summed E-state index contributed by atoms with van der Waals surface area (Å²) < 4.78 is 23.1. The van der Waals surface area contributed by atoms with Crippen LogP contribution in [0, 0.1) is 11.7 Å². The van der Waals surface area contributed by atoms with Gasteiger partial charge in [0.25, 0.3) is 0 Å². The van der Waals surface area contributed by atoms with Crippen LogP contribution in [0.15, 0.2) is 60.3 Å². The van der Waals surface area contributed by atoms with Crippen LogP contribution in [-0.4, -0.2) is 26.0 Å². The molecule has 0 unspecified atom stereocenters. The second-order valence-corrected chi connectivity index (χ2v) is 6.29. The molecule has 0 aromatic heterocycles. The van der Waals surface area contributed by atoms with Gasteiger partial charge in [0.05, 0.1) is 14.2 Å². The maximum Gasteiger partial charge on any atom is 0.317 e. The third kappa shape index (κ3) is 4.16. The molecular formula is C21H20FNO4. The van der Waals surface area contributed by atoms with E-state index in [1.165, 1.54) is 25.3 Å². The lowest BCUT2D eigenvalue weighted by Crippen LogP contribution is -2.34. The fourth-order valence-electron chi connectivity index (χ4n) is 3.25. The summed E-state index contributed by atoms with van der Waals surface area (Å²) in [7, 11) is 2.85. The molecule has 5 nitrogen and oxygen atoms in total. The minimum absolute atomic E-state index is 0.321. The van der Waals surface area contributed by atoms with E-state index >= 15 is 0 Å². The smallest absolute Gasteiger partial charge is 0.317 e. The van der Waals surface area contributed by atoms with Gasteiger partial charge in [-0.25, -0.2) is 4.39 Å². The Morgan fingerprint density at radius 1 is 1.07 bits per heavy atom. The Morgan fingerprint density at radius 2 is 1.74 bits per heavy atom. The molecule has 2 atom stereocenters. The SMILES string of the molecule is COC(=O)[C@@H]1C(=O)C=C(Nc2ccc(F)cc2)C[C@@H]1c1ccc(OC)cc1. The molecule has 1 N–H and O–H groups in total. The monoisotopic (exact) mass is 369 g/mol. The van der Waals surface area contributed by atoms with Crippen LogP contribution in [0.3, 0.4) is 0 Å². The van der Waals surface area contributed by atoms with Crippen LogP contribution < -0.4 is 10.1 Å². The molecular weight excluding hydrogens is 349 g/mol. The van der Waals surface area contributed by atoms with Crippen molar-refractivity contribution >= 4 is 17.4 Å². The van der Waals surface area contributed by atoms with E-state index in [1.54, 1.807) is 31.4 Å². The number of esters is 1. The molecule has 0 bridgehead atoms. The molecule has 0 heterocycles. The Balaban J connectivity index is 1.90. The first kappa shape index (κ1) is 18.6. The summed E-state index contributed by atoms with van der Waals surface area (Å²) in [6.07, 6.45) is 1.86. The summed E-state index contributed by atoms with van der Waals surface area (Å²) in [6, 6.07) is 13.1. The van der Waals surface area contributed by atoms with Gasteiger partial charge in [0.15, 0.2) is 5.78 Å². The van der Waals surface area contributed by atoms with Crippen LogP contribution in [0.5, 0.6) is 5.75 Å². The van der Waals surface area contributed by atoms with Gasteiger partial charge in [-0.15, -0.1) is 0 Å². The molecule has 0 saturated carbocycles. The number of ether oxygens (including phenoxy) is 2. The molecule has 0 spiro atoms. The highest BCUT2D eigenvalue weighted by Gasteiger charge is 2.39. The number of benzene rings is 2. The van der Waals surface area contributed by atoms with Crippen molar-refractivity contribution in [2.75, 3.05) is 19.5 Å². The first-order valence-corrected chi connectivity index (χ1v) is 8.50. The molecule has 0 aliphatic heterocycles. The normalized spacial score (nSPS) is 19.2. The number of nitrogens with one attached hydrogen (secondary N) is 1. The van der Waals surface area contributed by atoms with Crippen LogP contribution in [0.2, 0.25) is 0 Å². The van der Waals surface area contributed by atoms with E-state index in [9.17, 15) is 14.0 Å². The molecule has 27 heavy (non-hydrogen) atoms. The van der Waals surface area contributed by atoms with E-state index in [0.717, 1.165) is 5.56 Å². The lowest BCUT2D eigenvalue weighted by molar-refractivity contribution is -0.149. The number of hydrogen-bond acceptors (Lipinski definition) is 5. The summed E-state index contributed by atoms with van der Waals surface area (Å²) >= 11 is 0. The van der Waals surface area contributed by atoms with Crippen molar-refractivity contribution in [3.63, 3.8) is 0 Å². The third-order valence-corrected chi connectivity index (χ3v) is 4.61. The second kappa shape index (κ2) is 8.03. The quantitative estimate of drug-likeness (QED) is 0.643. The topological polar surface area (TPSA) is 64.6 Å². The van der Waals surface area contributed by atoms with E-state index < -0.39 is 11.9 Å². The molecule has 1 aliphatic rings. The third-order valence-electron chi connectivity index (χ3n) is 4.61. The van der Waals surface area contributed by atoms with Gasteiger partial charge in [0.2, 0.25) is 0 Å². The average Bonchev–Trinajstić information content (AvgIpc) is 2.69. The van der Waals surface area contributed by atoms with Gasteiger partial charge in [-0.3, -0.25) is 9.59 Å². The van der Waals surface area contributed by atoms with Gasteiger partial charge in [-0.2, -0.15) is 0 Å². The van der Waals surface area contributed by atoms with Gasteiger partial charge < -0.3 is 14.8 Å². The number of rotatable bonds is 5. The zero-order valence-corrected chi connectivity index (χ0v) is 15.1. The number of carbonyl (C=O) groups excluding carboxylic acids is 2. The molecule has 6 heteroatoms. The van der Waals surface area contributed by atoms with E-state index in [0.29, 0.717) is 23.6 Å². The van der Waals surface area contributed by atoms with Crippen LogP contribution in [0.25, 0.3) is 0 Å². The van der Waals surface area contributed by atoms with Gasteiger partial charge >= 0.3 is 5.97 Å². The predicted octanol–water partition coefficient (Wildman–Crippen LogP) is 3.68. The highest BCUT2D eigenvalue weighted by Crippen LogP contribution is 2.37. The fraction of sp³-hybridized carbons (Fsp3) is 0.238. The molecule has 1 aliphatic carbocycles. The summed E-state index contributed by atoms with van der Waals surface area (Å²) in [5, 5.41) is 3.14. The Morgan fingerprint density at radius 3 is 2.33 bits per heavy atom. The summed E-state index contributed by atoms with van der Waals surface area (Å²) in [5.74, 6) is -1.80. The minimum atomic E-state index is -0.901. The van der Waals surface area contributed by atoms with E-state index in [4.69, 9.17) is 9.47 Å². The van der Waals surface area contributed by atoms with Crippen molar-refractivity contribution in [3.05, 3.63) is 71.7 Å². The number of carbonyl (C=O) groups is 2. The fourth-order valence-corrected chi connectivity index (χ4v) is 3.25. The van der Waals surface area contributed by atoms with E-state index in [-0.39, 0.29) is 17.5 Å². The van der Waals surface area contributed by atoms with Crippen LogP contribution >= 0.6 is 0 Å². The molecule has 2 aromatic rings.